The van der Waals surface area contributed by atoms with Crippen molar-refractivity contribution in [1.29, 1.82) is 0 Å². The minimum atomic E-state index is -0.370. The zero-order valence-corrected chi connectivity index (χ0v) is 13.9. The van der Waals surface area contributed by atoms with Crippen molar-refractivity contribution in [2.45, 2.75) is 46.1 Å². The van der Waals surface area contributed by atoms with E-state index in [9.17, 15) is 9.59 Å². The van der Waals surface area contributed by atoms with Crippen LogP contribution in [0.1, 0.15) is 50.4 Å². The van der Waals surface area contributed by atoms with Crippen LogP contribution in [-0.2, 0) is 9.53 Å². The Morgan fingerprint density at radius 3 is 2.61 bits per heavy atom. The molecule has 3 heteroatoms. The summed E-state index contributed by atoms with van der Waals surface area (Å²) in [4.78, 5) is 24.7. The molecule has 0 amide bonds. The van der Waals surface area contributed by atoms with Gasteiger partial charge in [0.2, 0.25) is 0 Å². The van der Waals surface area contributed by atoms with Crippen LogP contribution in [0, 0.1) is 5.41 Å². The van der Waals surface area contributed by atoms with Gasteiger partial charge in [0.05, 0.1) is 5.56 Å². The van der Waals surface area contributed by atoms with Crippen molar-refractivity contribution >= 4 is 11.8 Å². The Hall–Kier alpha value is -2.16. The standard InChI is InChI=1S/C20H22O3/c1-13-12-20(3)16(14(2)18(13)21)10-7-11-17(20)23-19(22)15-8-5-4-6-9-15/h4-6,8-9,12,17H,7,10-11H2,1-3H3/t17-,20-/m0/s1. The van der Waals surface area contributed by atoms with Crippen molar-refractivity contribution in [1.82, 2.24) is 0 Å². The van der Waals surface area contributed by atoms with Gasteiger partial charge in [-0.3, -0.25) is 4.79 Å². The van der Waals surface area contributed by atoms with E-state index in [2.05, 4.69) is 6.92 Å². The molecule has 0 bridgehead atoms. The van der Waals surface area contributed by atoms with E-state index in [1.54, 1.807) is 12.1 Å². The minimum Gasteiger partial charge on any atom is -0.458 e. The molecule has 120 valence electrons. The molecule has 23 heavy (non-hydrogen) atoms. The summed E-state index contributed by atoms with van der Waals surface area (Å²) >= 11 is 0. The van der Waals surface area contributed by atoms with Crippen LogP contribution in [0.5, 0.6) is 0 Å². The highest BCUT2D eigenvalue weighted by atomic mass is 16.5. The number of ketones is 1. The molecule has 3 rings (SSSR count). The summed E-state index contributed by atoms with van der Waals surface area (Å²) in [7, 11) is 0. The highest BCUT2D eigenvalue weighted by Crippen LogP contribution is 2.48. The molecule has 1 aromatic carbocycles. The molecule has 3 nitrogen and oxygen atoms in total. The number of carbonyl (C=O) groups is 2. The Bertz CT molecular complexity index is 712. The van der Waals surface area contributed by atoms with Crippen LogP contribution in [0.3, 0.4) is 0 Å². The zero-order valence-electron chi connectivity index (χ0n) is 13.9. The third kappa shape index (κ3) is 2.65. The van der Waals surface area contributed by atoms with Gasteiger partial charge in [-0.15, -0.1) is 0 Å². The van der Waals surface area contributed by atoms with Gasteiger partial charge in [0.15, 0.2) is 5.78 Å². The SMILES string of the molecule is CC1=C[C@@]2(C)C(=C(C)C1=O)CCC[C@@H]2OC(=O)c1ccccc1. The van der Waals surface area contributed by atoms with Gasteiger partial charge in [-0.2, -0.15) is 0 Å². The average Bonchev–Trinajstić information content (AvgIpc) is 2.55. The van der Waals surface area contributed by atoms with E-state index in [1.165, 1.54) is 0 Å². The maximum absolute atomic E-state index is 12.4. The number of allylic oxidation sites excluding steroid dienone is 2. The summed E-state index contributed by atoms with van der Waals surface area (Å²) in [5, 5.41) is 0. The monoisotopic (exact) mass is 310 g/mol. The first-order valence-electron chi connectivity index (χ1n) is 8.14. The van der Waals surface area contributed by atoms with Gasteiger partial charge in [-0.05, 0) is 68.9 Å². The predicted octanol–water partition coefficient (Wildman–Crippen LogP) is 4.25. The van der Waals surface area contributed by atoms with Gasteiger partial charge in [0.1, 0.15) is 6.10 Å². The topological polar surface area (TPSA) is 43.4 Å². The van der Waals surface area contributed by atoms with Crippen LogP contribution in [0.25, 0.3) is 0 Å². The Labute approximate surface area is 137 Å². The van der Waals surface area contributed by atoms with E-state index < -0.39 is 0 Å². The third-order valence-corrected chi connectivity index (χ3v) is 5.14. The van der Waals surface area contributed by atoms with E-state index in [0.29, 0.717) is 5.56 Å². The van der Waals surface area contributed by atoms with Gasteiger partial charge in [-0.25, -0.2) is 4.79 Å². The van der Waals surface area contributed by atoms with Crippen LogP contribution in [0.2, 0.25) is 0 Å². The quantitative estimate of drug-likeness (QED) is 0.767. The summed E-state index contributed by atoms with van der Waals surface area (Å²) < 4.78 is 5.85. The normalized spacial score (nSPS) is 27.3. The van der Waals surface area contributed by atoms with E-state index in [-0.39, 0.29) is 23.3 Å². The Morgan fingerprint density at radius 1 is 1.22 bits per heavy atom. The van der Waals surface area contributed by atoms with Crippen molar-refractivity contribution < 1.29 is 14.3 Å². The second kappa shape index (κ2) is 5.80. The van der Waals surface area contributed by atoms with Gasteiger partial charge in [0.25, 0.3) is 0 Å². The van der Waals surface area contributed by atoms with Gasteiger partial charge in [0, 0.05) is 5.41 Å². The van der Waals surface area contributed by atoms with Crippen molar-refractivity contribution in [2.75, 3.05) is 0 Å². The average molecular weight is 310 g/mol. The summed E-state index contributed by atoms with van der Waals surface area (Å²) in [6, 6.07) is 9.07. The molecule has 1 saturated carbocycles. The lowest BCUT2D eigenvalue weighted by molar-refractivity contribution is -0.112. The molecular weight excluding hydrogens is 288 g/mol. The number of carbonyl (C=O) groups excluding carboxylic acids is 2. The maximum Gasteiger partial charge on any atom is 0.338 e. The summed E-state index contributed by atoms with van der Waals surface area (Å²) in [5.74, 6) is -0.175. The molecule has 0 unspecified atom stereocenters. The van der Waals surface area contributed by atoms with E-state index >= 15 is 0 Å². The molecule has 2 aliphatic carbocycles. The first kappa shape index (κ1) is 15.7. The number of Topliss-reactive ketones (excluding diaryl/α,β-unsaturated/α-hetero) is 1. The summed E-state index contributed by atoms with van der Waals surface area (Å²) in [6.45, 7) is 5.83. The lowest BCUT2D eigenvalue weighted by Gasteiger charge is -2.44. The Balaban J connectivity index is 1.91. The highest BCUT2D eigenvalue weighted by Gasteiger charge is 2.45. The maximum atomic E-state index is 12.4. The van der Waals surface area contributed by atoms with Crippen LogP contribution in [0.4, 0.5) is 0 Å². The van der Waals surface area contributed by atoms with Crippen molar-refractivity contribution in [3.05, 3.63) is 58.7 Å². The molecule has 0 aliphatic heterocycles. The molecule has 2 atom stereocenters. The molecule has 0 saturated heterocycles. The fourth-order valence-electron chi connectivity index (χ4n) is 3.90. The molecular formula is C20H22O3. The van der Waals surface area contributed by atoms with Crippen LogP contribution < -0.4 is 0 Å². The fourth-order valence-corrected chi connectivity index (χ4v) is 3.90. The van der Waals surface area contributed by atoms with Crippen LogP contribution in [0.15, 0.2) is 53.1 Å². The largest absolute Gasteiger partial charge is 0.458 e. The number of ether oxygens (including phenoxy) is 1. The lowest BCUT2D eigenvalue weighted by atomic mass is 9.64. The van der Waals surface area contributed by atoms with E-state index in [1.807, 2.05) is 38.1 Å². The predicted molar refractivity (Wildman–Crippen MR) is 89.1 cm³/mol. The number of esters is 1. The van der Waals surface area contributed by atoms with Gasteiger partial charge < -0.3 is 4.74 Å². The third-order valence-electron chi connectivity index (χ3n) is 5.14. The lowest BCUT2D eigenvalue weighted by Crippen LogP contribution is -2.42. The van der Waals surface area contributed by atoms with E-state index in [0.717, 1.165) is 36.0 Å². The first-order valence-corrected chi connectivity index (χ1v) is 8.14. The second-order valence-corrected chi connectivity index (χ2v) is 6.69. The molecule has 0 heterocycles. The molecule has 1 aromatic rings. The van der Waals surface area contributed by atoms with Crippen molar-refractivity contribution in [3.63, 3.8) is 0 Å². The molecule has 2 aliphatic rings. The van der Waals surface area contributed by atoms with Gasteiger partial charge >= 0.3 is 5.97 Å². The van der Waals surface area contributed by atoms with Gasteiger partial charge in [-0.1, -0.05) is 24.3 Å². The number of rotatable bonds is 2. The smallest absolute Gasteiger partial charge is 0.338 e. The minimum absolute atomic E-state index is 0.118. The molecule has 0 radical (unpaired) electrons. The van der Waals surface area contributed by atoms with Crippen LogP contribution in [-0.4, -0.2) is 17.9 Å². The fraction of sp³-hybridized carbons (Fsp3) is 0.400. The molecule has 0 N–H and O–H groups in total. The second-order valence-electron chi connectivity index (χ2n) is 6.69. The molecule has 0 aromatic heterocycles. The summed E-state index contributed by atoms with van der Waals surface area (Å²) in [6.07, 6.45) is 4.44. The molecule has 1 fully saturated rings. The molecule has 0 spiro atoms. The van der Waals surface area contributed by atoms with Crippen LogP contribution >= 0.6 is 0 Å². The van der Waals surface area contributed by atoms with E-state index in [4.69, 9.17) is 4.74 Å². The van der Waals surface area contributed by atoms with Crippen molar-refractivity contribution in [3.8, 4) is 0 Å². The number of hydrogen-bond donors (Lipinski definition) is 0. The van der Waals surface area contributed by atoms with Crippen molar-refractivity contribution in [2.24, 2.45) is 5.41 Å². The first-order chi connectivity index (χ1) is 10.9. The number of hydrogen-bond acceptors (Lipinski definition) is 3. The number of fused-ring (bicyclic) bond motifs is 1. The number of benzene rings is 1. The zero-order chi connectivity index (χ0) is 16.6. The summed E-state index contributed by atoms with van der Waals surface area (Å²) in [5.41, 5.74) is 2.90. The Morgan fingerprint density at radius 2 is 1.91 bits per heavy atom. The Kier molecular flexibility index (Phi) is 3.97. The highest BCUT2D eigenvalue weighted by molar-refractivity contribution is 6.09.